The van der Waals surface area contributed by atoms with Gasteiger partial charge in [-0.2, -0.15) is 5.10 Å². The number of pyridine rings is 1. The molecule has 13 heteroatoms. The maximum Gasteiger partial charge on any atom is 0.246 e. The van der Waals surface area contributed by atoms with Crippen LogP contribution >= 0.6 is 11.3 Å². The Morgan fingerprint density at radius 3 is 2.63 bits per heavy atom. The van der Waals surface area contributed by atoms with Crippen LogP contribution in [0.1, 0.15) is 38.4 Å². The van der Waals surface area contributed by atoms with E-state index in [1.165, 1.54) is 37.5 Å². The van der Waals surface area contributed by atoms with Gasteiger partial charge in [0.15, 0.2) is 0 Å². The molecular weight excluding hydrogens is 614 g/mol. The number of fused-ring (bicyclic) bond motifs is 2. The molecule has 2 amide bonds. The van der Waals surface area contributed by atoms with E-state index in [0.29, 0.717) is 43.1 Å². The van der Waals surface area contributed by atoms with Crippen LogP contribution in [0.25, 0.3) is 32.6 Å². The molecule has 10 nitrogen and oxygen atoms in total. The van der Waals surface area contributed by atoms with E-state index in [1.54, 1.807) is 4.90 Å². The Kier molecular flexibility index (Phi) is 9.05. The molecule has 0 radical (unpaired) electrons. The molecule has 6 rings (SSSR count). The number of nitrogens with zero attached hydrogens (tertiary/aromatic N) is 5. The second-order valence-corrected chi connectivity index (χ2v) is 12.4. The molecule has 1 N–H and O–H groups in total. The summed E-state index contributed by atoms with van der Waals surface area (Å²) in [7, 11) is 1.52. The largest absolute Gasteiger partial charge is 0.490 e. The van der Waals surface area contributed by atoms with Crippen molar-refractivity contribution in [1.29, 1.82) is 0 Å². The number of thiophene rings is 1. The predicted molar refractivity (Wildman–Crippen MR) is 173 cm³/mol. The van der Waals surface area contributed by atoms with Gasteiger partial charge in [0.05, 0.1) is 30.5 Å². The first-order valence-corrected chi connectivity index (χ1v) is 16.1. The van der Waals surface area contributed by atoms with Gasteiger partial charge in [0.25, 0.3) is 0 Å². The van der Waals surface area contributed by atoms with Gasteiger partial charge in [0.1, 0.15) is 41.2 Å². The molecule has 1 saturated heterocycles. The minimum atomic E-state index is -0.783. The van der Waals surface area contributed by atoms with Crippen LogP contribution in [-0.4, -0.2) is 77.5 Å². The summed E-state index contributed by atoms with van der Waals surface area (Å²) in [5.74, 6) is -1.01. The standard InChI is InChI=1S/C33H36F2N6O4S/c1-5-28(43)40-11-12-41-26(19(40)2)18-25(38-41)31-30(29-24(35)16-21(34)17-27(29)45-14-13-44-4)32-23(8-15-46-32)33(37-31)39-9-6-22(7-10-39)36-20(3)42/h5,8,15-19,22H,1,6-7,9-14H2,2-4H3,(H,36,42). The molecule has 1 atom stereocenters. The number of rotatable bonds is 9. The number of methoxy groups -OCH3 is 1. The molecule has 0 saturated carbocycles. The van der Waals surface area contributed by atoms with Crippen LogP contribution in [-0.2, 0) is 20.9 Å². The van der Waals surface area contributed by atoms with E-state index >= 15 is 4.39 Å². The smallest absolute Gasteiger partial charge is 0.246 e. The van der Waals surface area contributed by atoms with E-state index < -0.39 is 11.6 Å². The molecule has 5 heterocycles. The molecule has 0 spiro atoms. The molecule has 0 aliphatic carbocycles. The number of hydrogen-bond acceptors (Lipinski definition) is 8. The number of aromatic nitrogens is 3. The molecule has 2 aliphatic heterocycles. The van der Waals surface area contributed by atoms with Crippen molar-refractivity contribution in [3.63, 3.8) is 0 Å². The SMILES string of the molecule is C=CC(=O)N1CCn2nc(-c3nc(N4CCC(NC(C)=O)CC4)c4ccsc4c3-c3c(F)cc(F)cc3OCCOC)cc2C1C. The lowest BCUT2D eigenvalue weighted by atomic mass is 9.97. The second-order valence-electron chi connectivity index (χ2n) is 11.5. The molecular formula is C33H36F2N6O4S. The summed E-state index contributed by atoms with van der Waals surface area (Å²) in [5.41, 5.74) is 2.27. The van der Waals surface area contributed by atoms with Gasteiger partial charge in [-0.05, 0) is 43.4 Å². The van der Waals surface area contributed by atoms with Crippen LogP contribution < -0.4 is 15.0 Å². The number of carbonyl (C=O) groups excluding carboxylic acids is 2. The van der Waals surface area contributed by atoms with Crippen LogP contribution in [0.4, 0.5) is 14.6 Å². The number of amides is 2. The van der Waals surface area contributed by atoms with E-state index in [2.05, 4.69) is 16.8 Å². The molecule has 3 aromatic heterocycles. The monoisotopic (exact) mass is 650 g/mol. The fourth-order valence-corrected chi connectivity index (χ4v) is 7.31. The number of ether oxygens (including phenoxy) is 2. The number of piperidine rings is 1. The third-order valence-corrected chi connectivity index (χ3v) is 9.49. The number of carbonyl (C=O) groups is 2. The molecule has 242 valence electrons. The van der Waals surface area contributed by atoms with Gasteiger partial charge in [-0.1, -0.05) is 6.58 Å². The average Bonchev–Trinajstić information content (AvgIpc) is 3.69. The van der Waals surface area contributed by atoms with Gasteiger partial charge in [-0.15, -0.1) is 11.3 Å². The van der Waals surface area contributed by atoms with Gasteiger partial charge >= 0.3 is 0 Å². The highest BCUT2D eigenvalue weighted by Crippen LogP contribution is 2.47. The lowest BCUT2D eigenvalue weighted by Gasteiger charge is -2.34. The number of anilines is 1. The van der Waals surface area contributed by atoms with Gasteiger partial charge in [0.2, 0.25) is 11.8 Å². The van der Waals surface area contributed by atoms with Crippen molar-refractivity contribution >= 4 is 39.1 Å². The number of halogens is 2. The highest BCUT2D eigenvalue weighted by Gasteiger charge is 2.32. The Hall–Kier alpha value is -4.36. The minimum Gasteiger partial charge on any atom is -0.490 e. The predicted octanol–water partition coefficient (Wildman–Crippen LogP) is 5.32. The number of hydrogen-bond donors (Lipinski definition) is 1. The Labute approximate surface area is 269 Å². The summed E-state index contributed by atoms with van der Waals surface area (Å²) in [6.07, 6.45) is 2.80. The third kappa shape index (κ3) is 5.96. The first-order chi connectivity index (χ1) is 22.2. The number of nitrogens with one attached hydrogen (secondary N) is 1. The van der Waals surface area contributed by atoms with Crippen molar-refractivity contribution < 1.29 is 27.8 Å². The summed E-state index contributed by atoms with van der Waals surface area (Å²) in [6.45, 7) is 9.67. The Balaban J connectivity index is 1.54. The van der Waals surface area contributed by atoms with Crippen LogP contribution in [0.2, 0.25) is 0 Å². The normalized spacial score (nSPS) is 16.8. The van der Waals surface area contributed by atoms with Crippen LogP contribution in [0.3, 0.4) is 0 Å². The van der Waals surface area contributed by atoms with E-state index in [-0.39, 0.29) is 48.4 Å². The van der Waals surface area contributed by atoms with Crippen LogP contribution in [0, 0.1) is 11.6 Å². The summed E-state index contributed by atoms with van der Waals surface area (Å²) >= 11 is 1.43. The highest BCUT2D eigenvalue weighted by molar-refractivity contribution is 7.18. The van der Waals surface area contributed by atoms with Crippen molar-refractivity contribution in [3.05, 3.63) is 59.6 Å². The van der Waals surface area contributed by atoms with Crippen molar-refractivity contribution in [1.82, 2.24) is 25.0 Å². The summed E-state index contributed by atoms with van der Waals surface area (Å²) in [5, 5.41) is 10.7. The minimum absolute atomic E-state index is 0.0382. The van der Waals surface area contributed by atoms with Crippen molar-refractivity contribution in [2.45, 2.75) is 45.3 Å². The first kappa shape index (κ1) is 31.6. The first-order valence-electron chi connectivity index (χ1n) is 15.3. The molecule has 2 aliphatic rings. The zero-order valence-electron chi connectivity index (χ0n) is 26.0. The fraction of sp³-hybridized carbons (Fsp3) is 0.394. The lowest BCUT2D eigenvalue weighted by Crippen LogP contribution is -2.44. The van der Waals surface area contributed by atoms with Gasteiger partial charge < -0.3 is 24.6 Å². The maximum atomic E-state index is 16.0. The summed E-state index contributed by atoms with van der Waals surface area (Å²) in [4.78, 5) is 33.4. The molecule has 1 aromatic carbocycles. The Morgan fingerprint density at radius 1 is 1.13 bits per heavy atom. The molecule has 0 bridgehead atoms. The van der Waals surface area contributed by atoms with E-state index in [1.807, 2.05) is 29.1 Å². The second kappa shape index (κ2) is 13.2. The number of benzene rings is 1. The van der Waals surface area contributed by atoms with E-state index in [0.717, 1.165) is 40.5 Å². The van der Waals surface area contributed by atoms with Crippen LogP contribution in [0.15, 0.2) is 42.3 Å². The zero-order valence-corrected chi connectivity index (χ0v) is 26.8. The van der Waals surface area contributed by atoms with Crippen molar-refractivity contribution in [2.24, 2.45) is 0 Å². The molecule has 46 heavy (non-hydrogen) atoms. The summed E-state index contributed by atoms with van der Waals surface area (Å²) < 4.78 is 44.2. The van der Waals surface area contributed by atoms with Gasteiger partial charge in [-0.3, -0.25) is 14.3 Å². The Morgan fingerprint density at radius 2 is 1.91 bits per heavy atom. The highest BCUT2D eigenvalue weighted by atomic mass is 32.1. The molecule has 1 unspecified atom stereocenters. The van der Waals surface area contributed by atoms with Gasteiger partial charge in [0, 0.05) is 67.5 Å². The van der Waals surface area contributed by atoms with E-state index in [4.69, 9.17) is 19.6 Å². The molecule has 4 aromatic rings. The fourth-order valence-electron chi connectivity index (χ4n) is 6.37. The average molecular weight is 651 g/mol. The third-order valence-electron chi connectivity index (χ3n) is 8.56. The van der Waals surface area contributed by atoms with Crippen molar-refractivity contribution in [3.8, 4) is 28.3 Å². The lowest BCUT2D eigenvalue weighted by molar-refractivity contribution is -0.129. The zero-order chi connectivity index (χ0) is 32.5. The molecule has 1 fully saturated rings. The van der Waals surface area contributed by atoms with Crippen LogP contribution in [0.5, 0.6) is 5.75 Å². The van der Waals surface area contributed by atoms with Gasteiger partial charge in [-0.25, -0.2) is 13.8 Å². The maximum absolute atomic E-state index is 16.0. The summed E-state index contributed by atoms with van der Waals surface area (Å²) in [6, 6.07) is 5.67. The quantitative estimate of drug-likeness (QED) is 0.193. The topological polar surface area (TPSA) is 102 Å². The van der Waals surface area contributed by atoms with E-state index in [9.17, 15) is 14.0 Å². The Bertz CT molecular complexity index is 1800. The van der Waals surface area contributed by atoms with Crippen molar-refractivity contribution in [2.75, 3.05) is 44.9 Å².